The standard InChI is InChI=1S/C14H20N4O3/c1-21-14(20)16-10-6-7-18(8-10)9-13(19)17-12-5-3-2-4-11(12)15/h2-5,10H,6-9,15H2,1H3,(H,16,20)(H,17,19). The minimum Gasteiger partial charge on any atom is -0.453 e. The topological polar surface area (TPSA) is 96.7 Å². The van der Waals surface area contributed by atoms with E-state index in [1.807, 2.05) is 17.0 Å². The Morgan fingerprint density at radius 2 is 2.19 bits per heavy atom. The zero-order chi connectivity index (χ0) is 15.2. The number of nitrogens with two attached hydrogens (primary N) is 1. The lowest BCUT2D eigenvalue weighted by molar-refractivity contribution is -0.117. The highest BCUT2D eigenvalue weighted by atomic mass is 16.5. The molecule has 1 aromatic rings. The summed E-state index contributed by atoms with van der Waals surface area (Å²) in [6.07, 6.45) is 0.360. The highest BCUT2D eigenvalue weighted by molar-refractivity contribution is 5.95. The molecule has 1 aliphatic heterocycles. The number of rotatable bonds is 4. The summed E-state index contributed by atoms with van der Waals surface area (Å²) >= 11 is 0. The summed E-state index contributed by atoms with van der Waals surface area (Å²) in [7, 11) is 1.33. The summed E-state index contributed by atoms with van der Waals surface area (Å²) < 4.78 is 4.56. The SMILES string of the molecule is COC(=O)NC1CCN(CC(=O)Nc2ccccc2N)C1. The van der Waals surface area contributed by atoms with Gasteiger partial charge in [0.1, 0.15) is 0 Å². The van der Waals surface area contributed by atoms with E-state index in [2.05, 4.69) is 15.4 Å². The molecule has 1 saturated heterocycles. The van der Waals surface area contributed by atoms with Gasteiger partial charge < -0.3 is 21.1 Å². The van der Waals surface area contributed by atoms with Crippen LogP contribution < -0.4 is 16.4 Å². The number of amides is 2. The van der Waals surface area contributed by atoms with Crippen LogP contribution in [0.2, 0.25) is 0 Å². The van der Waals surface area contributed by atoms with Crippen molar-refractivity contribution in [1.29, 1.82) is 0 Å². The van der Waals surface area contributed by atoms with Crippen LogP contribution in [0.3, 0.4) is 0 Å². The molecule has 0 aromatic heterocycles. The molecule has 1 aromatic carbocycles. The maximum absolute atomic E-state index is 12.0. The summed E-state index contributed by atoms with van der Waals surface area (Å²) in [6, 6.07) is 7.15. The van der Waals surface area contributed by atoms with Crippen LogP contribution in [0.25, 0.3) is 0 Å². The van der Waals surface area contributed by atoms with Crippen LogP contribution in [0, 0.1) is 0 Å². The number of ether oxygens (including phenoxy) is 1. The van der Waals surface area contributed by atoms with Gasteiger partial charge in [-0.15, -0.1) is 0 Å². The molecule has 0 spiro atoms. The van der Waals surface area contributed by atoms with Crippen molar-refractivity contribution in [1.82, 2.24) is 10.2 Å². The third-order valence-corrected chi connectivity index (χ3v) is 3.38. The van der Waals surface area contributed by atoms with Gasteiger partial charge >= 0.3 is 6.09 Å². The monoisotopic (exact) mass is 292 g/mol. The van der Waals surface area contributed by atoms with Crippen molar-refractivity contribution in [3.63, 3.8) is 0 Å². The molecule has 0 bridgehead atoms. The van der Waals surface area contributed by atoms with Gasteiger partial charge in [0, 0.05) is 19.1 Å². The highest BCUT2D eigenvalue weighted by Crippen LogP contribution is 2.17. The highest BCUT2D eigenvalue weighted by Gasteiger charge is 2.25. The molecule has 1 heterocycles. The summed E-state index contributed by atoms with van der Waals surface area (Å²) in [4.78, 5) is 25.1. The Bertz CT molecular complexity index is 521. The number of carbonyl (C=O) groups is 2. The van der Waals surface area contributed by atoms with Crippen molar-refractivity contribution >= 4 is 23.4 Å². The van der Waals surface area contributed by atoms with Gasteiger partial charge in [0.25, 0.3) is 0 Å². The second-order valence-electron chi connectivity index (χ2n) is 4.99. The van der Waals surface area contributed by atoms with E-state index in [0.29, 0.717) is 17.9 Å². The zero-order valence-electron chi connectivity index (χ0n) is 12.0. The first-order valence-corrected chi connectivity index (χ1v) is 6.79. The quantitative estimate of drug-likeness (QED) is 0.708. The predicted molar refractivity (Wildman–Crippen MR) is 79.9 cm³/mol. The van der Waals surface area contributed by atoms with Gasteiger partial charge in [0.2, 0.25) is 5.91 Å². The van der Waals surface area contributed by atoms with Gasteiger partial charge in [-0.05, 0) is 18.6 Å². The smallest absolute Gasteiger partial charge is 0.407 e. The Morgan fingerprint density at radius 3 is 2.90 bits per heavy atom. The van der Waals surface area contributed by atoms with Crippen molar-refractivity contribution in [3.8, 4) is 0 Å². The van der Waals surface area contributed by atoms with Crippen LogP contribution in [0.1, 0.15) is 6.42 Å². The molecule has 114 valence electrons. The molecule has 1 fully saturated rings. The van der Waals surface area contributed by atoms with Crippen molar-refractivity contribution in [2.75, 3.05) is 37.8 Å². The van der Waals surface area contributed by atoms with Crippen molar-refractivity contribution in [2.45, 2.75) is 12.5 Å². The first-order chi connectivity index (χ1) is 10.1. The summed E-state index contributed by atoms with van der Waals surface area (Å²) in [5.41, 5.74) is 6.94. The molecule has 2 amide bonds. The van der Waals surface area contributed by atoms with Gasteiger partial charge in [-0.1, -0.05) is 12.1 Å². The van der Waals surface area contributed by atoms with Gasteiger partial charge in [-0.3, -0.25) is 9.69 Å². The van der Waals surface area contributed by atoms with E-state index >= 15 is 0 Å². The number of hydrogen-bond donors (Lipinski definition) is 3. The van der Waals surface area contributed by atoms with Crippen molar-refractivity contribution in [3.05, 3.63) is 24.3 Å². The first-order valence-electron chi connectivity index (χ1n) is 6.79. The van der Waals surface area contributed by atoms with Gasteiger partial charge in [-0.25, -0.2) is 4.79 Å². The van der Waals surface area contributed by atoms with E-state index in [9.17, 15) is 9.59 Å². The van der Waals surface area contributed by atoms with E-state index in [1.165, 1.54) is 7.11 Å². The number of likely N-dealkylation sites (tertiary alicyclic amines) is 1. The maximum Gasteiger partial charge on any atom is 0.407 e. The average molecular weight is 292 g/mol. The molecule has 0 radical (unpaired) electrons. The van der Waals surface area contributed by atoms with Crippen molar-refractivity contribution < 1.29 is 14.3 Å². The second-order valence-corrected chi connectivity index (χ2v) is 4.99. The van der Waals surface area contributed by atoms with Crippen LogP contribution >= 0.6 is 0 Å². The molecule has 4 N–H and O–H groups in total. The second kappa shape index (κ2) is 6.94. The van der Waals surface area contributed by atoms with E-state index in [-0.39, 0.29) is 18.5 Å². The Balaban J connectivity index is 1.79. The maximum atomic E-state index is 12.0. The van der Waals surface area contributed by atoms with Crippen LogP contribution in [0.15, 0.2) is 24.3 Å². The average Bonchev–Trinajstić information content (AvgIpc) is 2.88. The number of nitrogen functional groups attached to an aromatic ring is 1. The fraction of sp³-hybridized carbons (Fsp3) is 0.429. The number of nitrogens with zero attached hydrogens (tertiary/aromatic N) is 1. The molecular weight excluding hydrogens is 272 g/mol. The number of carbonyl (C=O) groups excluding carboxylic acids is 2. The van der Waals surface area contributed by atoms with Crippen molar-refractivity contribution in [2.24, 2.45) is 0 Å². The Hall–Kier alpha value is -2.28. The minimum atomic E-state index is -0.441. The minimum absolute atomic E-state index is 0.0204. The molecular formula is C14H20N4O3. The molecule has 21 heavy (non-hydrogen) atoms. The fourth-order valence-electron chi connectivity index (χ4n) is 2.32. The third kappa shape index (κ3) is 4.35. The van der Waals surface area contributed by atoms with E-state index in [0.717, 1.165) is 13.0 Å². The molecule has 1 unspecified atom stereocenters. The van der Waals surface area contributed by atoms with Gasteiger partial charge in [-0.2, -0.15) is 0 Å². The number of para-hydroxylation sites is 2. The number of hydrogen-bond acceptors (Lipinski definition) is 5. The predicted octanol–water partition coefficient (Wildman–Crippen LogP) is 0.638. The first kappa shape index (κ1) is 15.1. The van der Waals surface area contributed by atoms with Gasteiger partial charge in [0.15, 0.2) is 0 Å². The molecule has 7 heteroatoms. The third-order valence-electron chi connectivity index (χ3n) is 3.38. The van der Waals surface area contributed by atoms with Crippen LogP contribution in [0.5, 0.6) is 0 Å². The summed E-state index contributed by atoms with van der Waals surface area (Å²) in [6.45, 7) is 1.66. The Labute approximate surface area is 123 Å². The fourth-order valence-corrected chi connectivity index (χ4v) is 2.32. The van der Waals surface area contributed by atoms with E-state index < -0.39 is 6.09 Å². The number of anilines is 2. The summed E-state index contributed by atoms with van der Waals surface area (Å²) in [5.74, 6) is -0.119. The molecule has 2 rings (SSSR count). The Kier molecular flexibility index (Phi) is 4.99. The number of alkyl carbamates (subject to hydrolysis) is 1. The van der Waals surface area contributed by atoms with E-state index in [1.54, 1.807) is 12.1 Å². The lowest BCUT2D eigenvalue weighted by atomic mass is 10.2. The number of methoxy groups -OCH3 is 1. The largest absolute Gasteiger partial charge is 0.453 e. The molecule has 0 saturated carbocycles. The molecule has 7 nitrogen and oxygen atoms in total. The number of nitrogens with one attached hydrogen (secondary N) is 2. The molecule has 1 atom stereocenters. The van der Waals surface area contributed by atoms with Crippen LogP contribution in [-0.2, 0) is 9.53 Å². The van der Waals surface area contributed by atoms with Gasteiger partial charge in [0.05, 0.1) is 25.0 Å². The summed E-state index contributed by atoms with van der Waals surface area (Å²) in [5, 5.41) is 5.52. The lowest BCUT2D eigenvalue weighted by Gasteiger charge is -2.16. The van der Waals surface area contributed by atoms with Crippen LogP contribution in [0.4, 0.5) is 16.2 Å². The zero-order valence-corrected chi connectivity index (χ0v) is 12.0. The Morgan fingerprint density at radius 1 is 1.43 bits per heavy atom. The molecule has 0 aliphatic carbocycles. The number of benzene rings is 1. The normalized spacial score (nSPS) is 18.2. The molecule has 1 aliphatic rings. The lowest BCUT2D eigenvalue weighted by Crippen LogP contribution is -2.38. The van der Waals surface area contributed by atoms with Crippen LogP contribution in [-0.4, -0.2) is 49.7 Å². The van der Waals surface area contributed by atoms with E-state index in [4.69, 9.17) is 5.73 Å².